The lowest BCUT2D eigenvalue weighted by Gasteiger charge is -2.36. The fraction of sp³-hybridized carbons (Fsp3) is 0.333. The Hall–Kier alpha value is -1.72. The molecule has 1 aliphatic rings. The summed E-state index contributed by atoms with van der Waals surface area (Å²) >= 11 is 1.57. The highest BCUT2D eigenvalue weighted by Crippen LogP contribution is 2.33. The Balaban J connectivity index is 1.88. The summed E-state index contributed by atoms with van der Waals surface area (Å²) < 4.78 is 0. The van der Waals surface area contributed by atoms with Crippen molar-refractivity contribution in [2.45, 2.75) is 25.4 Å². The first-order valence-corrected chi connectivity index (χ1v) is 7.59. The topological polar surface area (TPSA) is 53.4 Å². The SMILES string of the molecule is O=C(O)CC1c2ccccc2CCN1Cc1cscn1. The molecule has 4 nitrogen and oxygen atoms in total. The van der Waals surface area contributed by atoms with Gasteiger partial charge in [-0.2, -0.15) is 0 Å². The summed E-state index contributed by atoms with van der Waals surface area (Å²) in [4.78, 5) is 17.7. The molecule has 5 heteroatoms. The summed E-state index contributed by atoms with van der Waals surface area (Å²) in [7, 11) is 0. The maximum absolute atomic E-state index is 11.2. The van der Waals surface area contributed by atoms with Gasteiger partial charge in [0.15, 0.2) is 0 Å². The Kier molecular flexibility index (Phi) is 3.80. The quantitative estimate of drug-likeness (QED) is 0.940. The Bertz CT molecular complexity index is 598. The van der Waals surface area contributed by atoms with Gasteiger partial charge in [-0.1, -0.05) is 24.3 Å². The van der Waals surface area contributed by atoms with Gasteiger partial charge in [0, 0.05) is 24.5 Å². The van der Waals surface area contributed by atoms with Gasteiger partial charge >= 0.3 is 5.97 Å². The number of hydrogen-bond donors (Lipinski definition) is 1. The van der Waals surface area contributed by atoms with E-state index in [2.05, 4.69) is 22.0 Å². The summed E-state index contributed by atoms with van der Waals surface area (Å²) in [5.41, 5.74) is 5.26. The molecule has 0 saturated carbocycles. The molecule has 0 fully saturated rings. The molecular formula is C15H16N2O2S. The molecule has 1 aromatic carbocycles. The highest BCUT2D eigenvalue weighted by Gasteiger charge is 2.29. The summed E-state index contributed by atoms with van der Waals surface area (Å²) in [6, 6.07) is 8.10. The second kappa shape index (κ2) is 5.73. The Morgan fingerprint density at radius 2 is 2.30 bits per heavy atom. The first kappa shape index (κ1) is 13.3. The first-order valence-electron chi connectivity index (χ1n) is 6.65. The van der Waals surface area contributed by atoms with Crippen LogP contribution in [0.1, 0.15) is 29.3 Å². The third-order valence-electron chi connectivity index (χ3n) is 3.74. The van der Waals surface area contributed by atoms with Gasteiger partial charge in [0.1, 0.15) is 0 Å². The van der Waals surface area contributed by atoms with Crippen LogP contribution in [0.25, 0.3) is 0 Å². The molecule has 0 radical (unpaired) electrons. The van der Waals surface area contributed by atoms with Gasteiger partial charge in [-0.25, -0.2) is 4.98 Å². The lowest BCUT2D eigenvalue weighted by atomic mass is 9.90. The van der Waals surface area contributed by atoms with Crippen molar-refractivity contribution in [1.82, 2.24) is 9.88 Å². The molecule has 20 heavy (non-hydrogen) atoms. The molecule has 1 atom stereocenters. The van der Waals surface area contributed by atoms with Gasteiger partial charge < -0.3 is 5.11 Å². The zero-order valence-corrected chi connectivity index (χ0v) is 11.8. The summed E-state index contributed by atoms with van der Waals surface area (Å²) in [5.74, 6) is -0.755. The average Bonchev–Trinajstić information content (AvgIpc) is 2.94. The van der Waals surface area contributed by atoms with Gasteiger partial charge in [0.2, 0.25) is 0 Å². The van der Waals surface area contributed by atoms with Crippen LogP contribution in [0.3, 0.4) is 0 Å². The zero-order chi connectivity index (χ0) is 13.9. The van der Waals surface area contributed by atoms with Crippen molar-refractivity contribution in [2.75, 3.05) is 6.54 Å². The number of aliphatic carboxylic acids is 1. The number of rotatable bonds is 4. The van der Waals surface area contributed by atoms with Gasteiger partial charge in [-0.15, -0.1) is 11.3 Å². The Morgan fingerprint density at radius 3 is 3.05 bits per heavy atom. The molecule has 0 bridgehead atoms. The van der Waals surface area contributed by atoms with Crippen molar-refractivity contribution in [1.29, 1.82) is 0 Å². The van der Waals surface area contributed by atoms with E-state index in [1.807, 2.05) is 23.0 Å². The molecule has 104 valence electrons. The monoisotopic (exact) mass is 288 g/mol. The highest BCUT2D eigenvalue weighted by atomic mass is 32.1. The normalized spacial score (nSPS) is 18.7. The van der Waals surface area contributed by atoms with E-state index in [9.17, 15) is 9.90 Å². The average molecular weight is 288 g/mol. The first-order chi connectivity index (χ1) is 9.74. The second-order valence-electron chi connectivity index (χ2n) is 5.01. The minimum absolute atomic E-state index is 0.0563. The molecule has 1 aliphatic heterocycles. The van der Waals surface area contributed by atoms with Crippen LogP contribution >= 0.6 is 11.3 Å². The van der Waals surface area contributed by atoms with Crippen LogP contribution in [0.2, 0.25) is 0 Å². The van der Waals surface area contributed by atoms with Crippen molar-refractivity contribution in [3.63, 3.8) is 0 Å². The second-order valence-corrected chi connectivity index (χ2v) is 5.73. The van der Waals surface area contributed by atoms with E-state index in [1.54, 1.807) is 11.3 Å². The molecule has 2 heterocycles. The van der Waals surface area contributed by atoms with Crippen LogP contribution < -0.4 is 0 Å². The van der Waals surface area contributed by atoms with Crippen LogP contribution in [0, 0.1) is 0 Å². The molecule has 0 spiro atoms. The summed E-state index contributed by atoms with van der Waals surface area (Å²) in [6.45, 7) is 1.60. The van der Waals surface area contributed by atoms with E-state index in [0.29, 0.717) is 0 Å². The number of nitrogens with zero attached hydrogens (tertiary/aromatic N) is 2. The van der Waals surface area contributed by atoms with Crippen molar-refractivity contribution in [2.24, 2.45) is 0 Å². The number of carbonyl (C=O) groups is 1. The van der Waals surface area contributed by atoms with Crippen molar-refractivity contribution >= 4 is 17.3 Å². The highest BCUT2D eigenvalue weighted by molar-refractivity contribution is 7.07. The fourth-order valence-corrected chi connectivity index (χ4v) is 3.37. The third-order valence-corrected chi connectivity index (χ3v) is 4.38. The van der Waals surface area contributed by atoms with Crippen LogP contribution in [-0.2, 0) is 17.8 Å². The number of thiazole rings is 1. The number of benzene rings is 1. The predicted molar refractivity (Wildman–Crippen MR) is 77.7 cm³/mol. The maximum Gasteiger partial charge on any atom is 0.305 e. The lowest BCUT2D eigenvalue weighted by Crippen LogP contribution is -2.36. The number of carboxylic acids is 1. The van der Waals surface area contributed by atoms with Crippen LogP contribution in [0.4, 0.5) is 0 Å². The largest absolute Gasteiger partial charge is 0.481 e. The molecule has 3 rings (SSSR count). The fourth-order valence-electron chi connectivity index (χ4n) is 2.82. The molecule has 1 N–H and O–H groups in total. The smallest absolute Gasteiger partial charge is 0.305 e. The van der Waals surface area contributed by atoms with Gasteiger partial charge in [0.05, 0.1) is 17.6 Å². The van der Waals surface area contributed by atoms with E-state index in [0.717, 1.165) is 30.8 Å². The molecule has 0 aliphatic carbocycles. The van der Waals surface area contributed by atoms with E-state index < -0.39 is 5.97 Å². The lowest BCUT2D eigenvalue weighted by molar-refractivity contribution is -0.138. The van der Waals surface area contributed by atoms with Gasteiger partial charge in [-0.05, 0) is 17.5 Å². The van der Waals surface area contributed by atoms with Crippen molar-refractivity contribution in [3.05, 3.63) is 52.0 Å². The van der Waals surface area contributed by atoms with Crippen molar-refractivity contribution in [3.8, 4) is 0 Å². The van der Waals surface area contributed by atoms with Gasteiger partial charge in [-0.3, -0.25) is 9.69 Å². The van der Waals surface area contributed by atoms with Gasteiger partial charge in [0.25, 0.3) is 0 Å². The third kappa shape index (κ3) is 2.73. The van der Waals surface area contributed by atoms with Crippen LogP contribution in [0.5, 0.6) is 0 Å². The molecule has 2 aromatic rings. The Morgan fingerprint density at radius 1 is 1.45 bits per heavy atom. The van der Waals surface area contributed by atoms with E-state index >= 15 is 0 Å². The number of hydrogen-bond acceptors (Lipinski definition) is 4. The molecule has 0 saturated heterocycles. The Labute approximate surface area is 121 Å². The number of fused-ring (bicyclic) bond motifs is 1. The molecular weight excluding hydrogens is 272 g/mol. The van der Waals surface area contributed by atoms with E-state index in [-0.39, 0.29) is 12.5 Å². The van der Waals surface area contributed by atoms with E-state index in [1.165, 1.54) is 5.56 Å². The van der Waals surface area contributed by atoms with E-state index in [4.69, 9.17) is 0 Å². The minimum Gasteiger partial charge on any atom is -0.481 e. The molecule has 0 amide bonds. The molecule has 1 aromatic heterocycles. The van der Waals surface area contributed by atoms with Crippen LogP contribution in [0.15, 0.2) is 35.2 Å². The van der Waals surface area contributed by atoms with Crippen LogP contribution in [-0.4, -0.2) is 27.5 Å². The summed E-state index contributed by atoms with van der Waals surface area (Å²) in [6.07, 6.45) is 1.11. The maximum atomic E-state index is 11.2. The number of aromatic nitrogens is 1. The summed E-state index contributed by atoms with van der Waals surface area (Å²) in [5, 5.41) is 11.2. The zero-order valence-electron chi connectivity index (χ0n) is 11.0. The predicted octanol–water partition coefficient (Wildman–Crippen LogP) is 2.72. The standard InChI is InChI=1S/C15H16N2O2S/c18-15(19)7-14-13-4-2-1-3-11(13)5-6-17(14)8-12-9-20-10-16-12/h1-4,9-10,14H,5-8H2,(H,18,19). The van der Waals surface area contributed by atoms with Crippen molar-refractivity contribution < 1.29 is 9.90 Å². The minimum atomic E-state index is -0.755. The number of carboxylic acid groups (broad SMARTS) is 1. The molecule has 1 unspecified atom stereocenters.